The van der Waals surface area contributed by atoms with Gasteiger partial charge in [0.15, 0.2) is 0 Å². The lowest BCUT2D eigenvalue weighted by Gasteiger charge is -2.14. The van der Waals surface area contributed by atoms with Crippen LogP contribution in [0.3, 0.4) is 0 Å². The van der Waals surface area contributed by atoms with E-state index in [0.29, 0.717) is 12.8 Å². The summed E-state index contributed by atoms with van der Waals surface area (Å²) in [7, 11) is 0. The van der Waals surface area contributed by atoms with Crippen LogP contribution in [0.25, 0.3) is 0 Å². The molecule has 0 amide bonds. The average Bonchev–Trinajstić information content (AvgIpc) is 2.40. The van der Waals surface area contributed by atoms with Crippen LogP contribution in [0.1, 0.15) is 12.8 Å². The topological polar surface area (TPSA) is 40.5 Å². The van der Waals surface area contributed by atoms with Crippen LogP contribution in [-0.2, 0) is 4.79 Å². The highest BCUT2D eigenvalue weighted by Crippen LogP contribution is 2.06. The Morgan fingerprint density at radius 1 is 1.50 bits per heavy atom. The molecule has 10 heavy (non-hydrogen) atoms. The number of rotatable bonds is 3. The third kappa shape index (κ3) is 2.08. The van der Waals surface area contributed by atoms with Crippen LogP contribution >= 0.6 is 0 Å². The molecule has 1 heterocycles. The van der Waals surface area contributed by atoms with Crippen LogP contribution in [0.5, 0.6) is 0 Å². The van der Waals surface area contributed by atoms with Crippen molar-refractivity contribution in [2.75, 3.05) is 19.6 Å². The van der Waals surface area contributed by atoms with Crippen molar-refractivity contribution in [3.8, 4) is 0 Å². The predicted octanol–water partition coefficient (Wildman–Crippen LogP) is -0.358. The molecule has 0 aromatic carbocycles. The van der Waals surface area contributed by atoms with E-state index >= 15 is 0 Å². The van der Waals surface area contributed by atoms with Gasteiger partial charge in [0.2, 0.25) is 0 Å². The zero-order valence-corrected chi connectivity index (χ0v) is 5.99. The number of β-amino-alcohol motifs (C(OH)–C–C–N with tert-alkyl or cyclic N) is 1. The molecule has 0 spiro atoms. The number of nitrogens with zero attached hydrogens (tertiary/aromatic N) is 1. The van der Waals surface area contributed by atoms with Crippen molar-refractivity contribution in [3.05, 3.63) is 0 Å². The van der Waals surface area contributed by atoms with Crippen LogP contribution in [0, 0.1) is 0 Å². The van der Waals surface area contributed by atoms with E-state index < -0.39 is 6.10 Å². The van der Waals surface area contributed by atoms with Crippen LogP contribution < -0.4 is 0 Å². The lowest BCUT2D eigenvalue weighted by atomic mass is 10.4. The second-order valence-corrected chi connectivity index (χ2v) is 2.71. The molecule has 1 aliphatic heterocycles. The molecule has 0 aliphatic carbocycles. The van der Waals surface area contributed by atoms with Crippen molar-refractivity contribution in [1.29, 1.82) is 0 Å². The number of hydrogen-bond donors (Lipinski definition) is 1. The van der Waals surface area contributed by atoms with Gasteiger partial charge in [-0.05, 0) is 25.9 Å². The molecular weight excluding hydrogens is 130 g/mol. The molecule has 3 heteroatoms. The number of aliphatic hydroxyl groups is 1. The van der Waals surface area contributed by atoms with Gasteiger partial charge >= 0.3 is 0 Å². The van der Waals surface area contributed by atoms with Gasteiger partial charge in [0.05, 0.1) is 0 Å². The normalized spacial score (nSPS) is 22.9. The second-order valence-electron chi connectivity index (χ2n) is 2.71. The van der Waals surface area contributed by atoms with Gasteiger partial charge in [-0.3, -0.25) is 0 Å². The lowest BCUT2D eigenvalue weighted by molar-refractivity contribution is -0.115. The zero-order chi connectivity index (χ0) is 7.40. The standard InChI is InChI=1S/C7H13NO2/c9-6-7(10)5-8-3-1-2-4-8/h6-7,10H,1-5H2/t7-/m0/s1. The third-order valence-corrected chi connectivity index (χ3v) is 1.80. The van der Waals surface area contributed by atoms with E-state index in [9.17, 15) is 4.79 Å². The summed E-state index contributed by atoms with van der Waals surface area (Å²) < 4.78 is 0. The van der Waals surface area contributed by atoms with Crippen LogP contribution in [0.2, 0.25) is 0 Å². The molecule has 0 saturated carbocycles. The summed E-state index contributed by atoms with van der Waals surface area (Å²) in [6.07, 6.45) is 2.22. The Bertz CT molecular complexity index is 110. The predicted molar refractivity (Wildman–Crippen MR) is 37.7 cm³/mol. The maximum absolute atomic E-state index is 10.0. The summed E-state index contributed by atoms with van der Waals surface area (Å²) in [6, 6.07) is 0. The summed E-state index contributed by atoms with van der Waals surface area (Å²) in [4.78, 5) is 12.1. The molecule has 1 fully saturated rings. The molecule has 1 N–H and O–H groups in total. The zero-order valence-electron chi connectivity index (χ0n) is 5.99. The molecule has 0 unspecified atom stereocenters. The first kappa shape index (κ1) is 7.69. The fourth-order valence-electron chi connectivity index (χ4n) is 1.27. The largest absolute Gasteiger partial charge is 0.384 e. The van der Waals surface area contributed by atoms with E-state index in [1.807, 2.05) is 0 Å². The van der Waals surface area contributed by atoms with Gasteiger partial charge in [0, 0.05) is 6.54 Å². The van der Waals surface area contributed by atoms with Gasteiger partial charge in [0.1, 0.15) is 12.4 Å². The minimum absolute atomic E-state index is 0.517. The molecule has 1 rings (SSSR count). The smallest absolute Gasteiger partial charge is 0.149 e. The van der Waals surface area contributed by atoms with Crippen LogP contribution in [-0.4, -0.2) is 42.0 Å². The summed E-state index contributed by atoms with van der Waals surface area (Å²) in [5.41, 5.74) is 0. The summed E-state index contributed by atoms with van der Waals surface area (Å²) in [5, 5.41) is 8.91. The van der Waals surface area contributed by atoms with Crippen molar-refractivity contribution >= 4 is 6.29 Å². The molecule has 0 radical (unpaired) electrons. The van der Waals surface area contributed by atoms with Gasteiger partial charge in [0.25, 0.3) is 0 Å². The summed E-state index contributed by atoms with van der Waals surface area (Å²) >= 11 is 0. The van der Waals surface area contributed by atoms with Gasteiger partial charge in [-0.1, -0.05) is 0 Å². The first-order chi connectivity index (χ1) is 4.83. The number of aliphatic hydroxyl groups excluding tert-OH is 1. The van der Waals surface area contributed by atoms with E-state index in [1.54, 1.807) is 0 Å². The number of carbonyl (C=O) groups is 1. The Labute approximate surface area is 60.6 Å². The number of carbonyl (C=O) groups excluding carboxylic acids is 1. The van der Waals surface area contributed by atoms with Crippen molar-refractivity contribution in [2.24, 2.45) is 0 Å². The molecule has 1 atom stereocenters. The second kappa shape index (κ2) is 3.68. The van der Waals surface area contributed by atoms with E-state index in [1.165, 1.54) is 12.8 Å². The van der Waals surface area contributed by atoms with E-state index in [4.69, 9.17) is 5.11 Å². The summed E-state index contributed by atoms with van der Waals surface area (Å²) in [5.74, 6) is 0. The fourth-order valence-corrected chi connectivity index (χ4v) is 1.27. The number of hydrogen-bond acceptors (Lipinski definition) is 3. The highest BCUT2D eigenvalue weighted by molar-refractivity contribution is 5.55. The van der Waals surface area contributed by atoms with Gasteiger partial charge < -0.3 is 14.8 Å². The van der Waals surface area contributed by atoms with E-state index in [0.717, 1.165) is 13.1 Å². The molecular formula is C7H13NO2. The van der Waals surface area contributed by atoms with Crippen molar-refractivity contribution in [1.82, 2.24) is 4.90 Å². The van der Waals surface area contributed by atoms with Crippen LogP contribution in [0.15, 0.2) is 0 Å². The monoisotopic (exact) mass is 143 g/mol. The maximum Gasteiger partial charge on any atom is 0.149 e. The Balaban J connectivity index is 2.17. The van der Waals surface area contributed by atoms with E-state index in [2.05, 4.69) is 4.90 Å². The SMILES string of the molecule is O=C[C@@H](O)CN1CCCC1. The average molecular weight is 143 g/mol. The van der Waals surface area contributed by atoms with Gasteiger partial charge in [-0.15, -0.1) is 0 Å². The van der Waals surface area contributed by atoms with Crippen LogP contribution in [0.4, 0.5) is 0 Å². The van der Waals surface area contributed by atoms with Gasteiger partial charge in [-0.25, -0.2) is 0 Å². The maximum atomic E-state index is 10.0. The Hall–Kier alpha value is -0.410. The minimum atomic E-state index is -0.780. The molecule has 0 aromatic heterocycles. The number of aldehydes is 1. The minimum Gasteiger partial charge on any atom is -0.384 e. The molecule has 3 nitrogen and oxygen atoms in total. The molecule has 0 bridgehead atoms. The first-order valence-electron chi connectivity index (χ1n) is 3.68. The lowest BCUT2D eigenvalue weighted by Crippen LogP contribution is -2.30. The van der Waals surface area contributed by atoms with Crippen molar-refractivity contribution < 1.29 is 9.90 Å². The van der Waals surface area contributed by atoms with E-state index in [-0.39, 0.29) is 0 Å². The van der Waals surface area contributed by atoms with Crippen molar-refractivity contribution in [3.63, 3.8) is 0 Å². The highest BCUT2D eigenvalue weighted by Gasteiger charge is 2.14. The third-order valence-electron chi connectivity index (χ3n) is 1.80. The Morgan fingerprint density at radius 2 is 2.10 bits per heavy atom. The van der Waals surface area contributed by atoms with Gasteiger partial charge in [-0.2, -0.15) is 0 Å². The molecule has 0 aromatic rings. The quantitative estimate of drug-likeness (QED) is 0.548. The van der Waals surface area contributed by atoms with Crippen molar-refractivity contribution in [2.45, 2.75) is 18.9 Å². The highest BCUT2D eigenvalue weighted by atomic mass is 16.3. The molecule has 1 aliphatic rings. The Kier molecular flexibility index (Phi) is 2.83. The number of likely N-dealkylation sites (tertiary alicyclic amines) is 1. The molecule has 1 saturated heterocycles. The molecule has 58 valence electrons. The first-order valence-corrected chi connectivity index (χ1v) is 3.68. The Morgan fingerprint density at radius 3 is 2.60 bits per heavy atom. The summed E-state index contributed by atoms with van der Waals surface area (Å²) in [6.45, 7) is 2.58. The fraction of sp³-hybridized carbons (Fsp3) is 0.857.